The maximum absolute atomic E-state index is 12.1. The minimum atomic E-state index is -0.260. The molecule has 0 atom stereocenters. The molecular weight excluding hydrogens is 377 g/mol. The van der Waals surface area contributed by atoms with Crippen LogP contribution in [0.25, 0.3) is 0 Å². The highest BCUT2D eigenvalue weighted by atomic mass is 79.9. The van der Waals surface area contributed by atoms with Crippen LogP contribution in [0.5, 0.6) is 5.75 Å². The molecule has 0 bridgehead atoms. The second-order valence-corrected chi connectivity index (χ2v) is 5.83. The summed E-state index contributed by atoms with van der Waals surface area (Å²) in [7, 11) is 0. The summed E-state index contributed by atoms with van der Waals surface area (Å²) in [5, 5.41) is 3.69. The summed E-state index contributed by atoms with van der Waals surface area (Å²) in [6, 6.07) is 10.1. The van der Waals surface area contributed by atoms with Crippen molar-refractivity contribution in [1.29, 1.82) is 0 Å². The van der Waals surface area contributed by atoms with Gasteiger partial charge in [-0.05, 0) is 59.3 Å². The Morgan fingerprint density at radius 2 is 1.95 bits per heavy atom. The normalized spacial score (nSPS) is 10.3. The molecule has 0 unspecified atom stereocenters. The van der Waals surface area contributed by atoms with Crippen molar-refractivity contribution < 1.29 is 9.53 Å². The van der Waals surface area contributed by atoms with Crippen LogP contribution < -0.4 is 10.1 Å². The van der Waals surface area contributed by atoms with Crippen molar-refractivity contribution in [3.63, 3.8) is 0 Å². The van der Waals surface area contributed by atoms with Crippen LogP contribution in [0.15, 0.2) is 40.9 Å². The quantitative estimate of drug-likeness (QED) is 0.760. The molecule has 0 aliphatic rings. The number of benzene rings is 2. The lowest BCUT2D eigenvalue weighted by molar-refractivity contribution is 0.102. The van der Waals surface area contributed by atoms with E-state index in [1.807, 2.05) is 6.92 Å². The highest BCUT2D eigenvalue weighted by Gasteiger charge is 2.10. The summed E-state index contributed by atoms with van der Waals surface area (Å²) in [6.45, 7) is 2.41. The van der Waals surface area contributed by atoms with Crippen LogP contribution >= 0.6 is 39.1 Å². The third kappa shape index (κ3) is 4.13. The highest BCUT2D eigenvalue weighted by molar-refractivity contribution is 9.10. The van der Waals surface area contributed by atoms with E-state index in [4.69, 9.17) is 27.9 Å². The lowest BCUT2D eigenvalue weighted by Crippen LogP contribution is -2.11. The van der Waals surface area contributed by atoms with Crippen LogP contribution in [-0.4, -0.2) is 12.5 Å². The first-order valence-electron chi connectivity index (χ1n) is 6.20. The Hall–Kier alpha value is -1.23. The first-order chi connectivity index (χ1) is 10.0. The van der Waals surface area contributed by atoms with Gasteiger partial charge < -0.3 is 10.1 Å². The van der Waals surface area contributed by atoms with Crippen molar-refractivity contribution in [1.82, 2.24) is 0 Å². The number of rotatable bonds is 4. The molecule has 0 radical (unpaired) electrons. The van der Waals surface area contributed by atoms with Crippen molar-refractivity contribution in [2.24, 2.45) is 0 Å². The van der Waals surface area contributed by atoms with E-state index in [9.17, 15) is 4.79 Å². The molecule has 3 nitrogen and oxygen atoms in total. The van der Waals surface area contributed by atoms with Crippen molar-refractivity contribution in [3.05, 3.63) is 56.5 Å². The fourth-order valence-electron chi connectivity index (χ4n) is 1.69. The molecule has 110 valence electrons. The van der Waals surface area contributed by atoms with Crippen molar-refractivity contribution >= 4 is 50.7 Å². The Morgan fingerprint density at radius 3 is 2.57 bits per heavy atom. The standard InChI is InChI=1S/C15H12BrCl2NO2/c1-2-21-14-6-4-10(8-13(14)18)19-15(20)9-3-5-11(16)12(17)7-9/h3-8H,2H2,1H3,(H,19,20). The predicted molar refractivity (Wildman–Crippen MR) is 89.7 cm³/mol. The van der Waals surface area contributed by atoms with Crippen LogP contribution in [0.4, 0.5) is 5.69 Å². The van der Waals surface area contributed by atoms with E-state index in [0.717, 1.165) is 4.47 Å². The average molecular weight is 389 g/mol. The number of hydrogen-bond donors (Lipinski definition) is 1. The summed E-state index contributed by atoms with van der Waals surface area (Å²) in [6.07, 6.45) is 0. The predicted octanol–water partition coefficient (Wildman–Crippen LogP) is 5.41. The van der Waals surface area contributed by atoms with Crippen LogP contribution in [-0.2, 0) is 0 Å². The van der Waals surface area contributed by atoms with Crippen LogP contribution in [0.2, 0.25) is 10.0 Å². The van der Waals surface area contributed by atoms with E-state index in [1.165, 1.54) is 0 Å². The van der Waals surface area contributed by atoms with Crippen molar-refractivity contribution in [2.45, 2.75) is 6.92 Å². The third-order valence-corrected chi connectivity index (χ3v) is 4.20. The van der Waals surface area contributed by atoms with Gasteiger partial charge in [0.05, 0.1) is 16.7 Å². The molecule has 0 aromatic heterocycles. The first-order valence-corrected chi connectivity index (χ1v) is 7.75. The number of carbonyl (C=O) groups excluding carboxylic acids is 1. The van der Waals surface area contributed by atoms with Crippen LogP contribution in [0.1, 0.15) is 17.3 Å². The first kappa shape index (κ1) is 16.1. The molecule has 2 rings (SSSR count). The number of halogens is 3. The van der Waals surface area contributed by atoms with Gasteiger partial charge in [0.1, 0.15) is 5.75 Å². The summed E-state index contributed by atoms with van der Waals surface area (Å²) in [4.78, 5) is 12.1. The second-order valence-electron chi connectivity index (χ2n) is 4.16. The number of ether oxygens (including phenoxy) is 1. The summed E-state index contributed by atoms with van der Waals surface area (Å²) < 4.78 is 6.08. The second kappa shape index (κ2) is 7.16. The van der Waals surface area contributed by atoms with Gasteiger partial charge in [-0.15, -0.1) is 0 Å². The molecule has 6 heteroatoms. The molecule has 1 N–H and O–H groups in total. The van der Waals surface area contributed by atoms with Gasteiger partial charge in [-0.2, -0.15) is 0 Å². The highest BCUT2D eigenvalue weighted by Crippen LogP contribution is 2.28. The molecule has 0 heterocycles. The van der Waals surface area contributed by atoms with Crippen molar-refractivity contribution in [2.75, 3.05) is 11.9 Å². The molecule has 0 aliphatic carbocycles. The maximum atomic E-state index is 12.1. The van der Waals surface area contributed by atoms with Crippen molar-refractivity contribution in [3.8, 4) is 5.75 Å². The average Bonchev–Trinajstić information content (AvgIpc) is 2.45. The van der Waals surface area contributed by atoms with E-state index in [1.54, 1.807) is 36.4 Å². The van der Waals surface area contributed by atoms with E-state index in [-0.39, 0.29) is 5.91 Å². The molecule has 0 spiro atoms. The Morgan fingerprint density at radius 1 is 1.19 bits per heavy atom. The van der Waals surface area contributed by atoms with Crippen LogP contribution in [0, 0.1) is 0 Å². The van der Waals surface area contributed by atoms with Gasteiger partial charge >= 0.3 is 0 Å². The molecule has 2 aromatic rings. The maximum Gasteiger partial charge on any atom is 0.255 e. The lowest BCUT2D eigenvalue weighted by Gasteiger charge is -2.09. The van der Waals surface area contributed by atoms with Gasteiger partial charge in [-0.3, -0.25) is 4.79 Å². The largest absolute Gasteiger partial charge is 0.492 e. The van der Waals surface area contributed by atoms with E-state index in [0.29, 0.717) is 33.7 Å². The van der Waals surface area contributed by atoms with E-state index < -0.39 is 0 Å². The van der Waals surface area contributed by atoms with Gasteiger partial charge in [-0.1, -0.05) is 23.2 Å². The molecule has 1 amide bonds. The molecular formula is C15H12BrCl2NO2. The Labute approximate surface area is 141 Å². The molecule has 0 fully saturated rings. The monoisotopic (exact) mass is 387 g/mol. The van der Waals surface area contributed by atoms with Gasteiger partial charge in [0.15, 0.2) is 0 Å². The number of carbonyl (C=O) groups is 1. The van der Waals surface area contributed by atoms with Gasteiger partial charge in [-0.25, -0.2) is 0 Å². The zero-order valence-corrected chi connectivity index (χ0v) is 14.2. The summed E-state index contributed by atoms with van der Waals surface area (Å²) in [5.74, 6) is 0.327. The topological polar surface area (TPSA) is 38.3 Å². The SMILES string of the molecule is CCOc1ccc(NC(=O)c2ccc(Br)c(Cl)c2)cc1Cl. The fraction of sp³-hybridized carbons (Fsp3) is 0.133. The molecule has 0 aliphatic heterocycles. The number of nitrogens with one attached hydrogen (secondary N) is 1. The molecule has 21 heavy (non-hydrogen) atoms. The Bertz CT molecular complexity index is 677. The number of amides is 1. The molecule has 2 aromatic carbocycles. The van der Waals surface area contributed by atoms with Gasteiger partial charge in [0.25, 0.3) is 5.91 Å². The minimum absolute atomic E-state index is 0.260. The van der Waals surface area contributed by atoms with E-state index >= 15 is 0 Å². The summed E-state index contributed by atoms with van der Waals surface area (Å²) >= 11 is 15.3. The van der Waals surface area contributed by atoms with Crippen LogP contribution in [0.3, 0.4) is 0 Å². The number of anilines is 1. The molecule has 0 saturated carbocycles. The Kier molecular flexibility index (Phi) is 5.51. The lowest BCUT2D eigenvalue weighted by atomic mass is 10.2. The smallest absolute Gasteiger partial charge is 0.255 e. The van der Waals surface area contributed by atoms with Gasteiger partial charge in [0, 0.05) is 15.7 Å². The zero-order valence-electron chi connectivity index (χ0n) is 11.1. The Balaban J connectivity index is 2.15. The number of hydrogen-bond acceptors (Lipinski definition) is 2. The minimum Gasteiger partial charge on any atom is -0.492 e. The summed E-state index contributed by atoms with van der Waals surface area (Å²) in [5.41, 5.74) is 1.06. The van der Waals surface area contributed by atoms with Gasteiger partial charge in [0.2, 0.25) is 0 Å². The fourth-order valence-corrected chi connectivity index (χ4v) is 2.35. The molecule has 0 saturated heterocycles. The zero-order chi connectivity index (χ0) is 15.4. The third-order valence-electron chi connectivity index (χ3n) is 2.67. The van der Waals surface area contributed by atoms with E-state index in [2.05, 4.69) is 21.2 Å².